The monoisotopic (exact) mass is 380 g/mol. The summed E-state index contributed by atoms with van der Waals surface area (Å²) in [6.45, 7) is 13.1. The predicted molar refractivity (Wildman–Crippen MR) is 115 cm³/mol. The van der Waals surface area contributed by atoms with Crippen molar-refractivity contribution < 1.29 is 4.79 Å². The van der Waals surface area contributed by atoms with Gasteiger partial charge in [-0.05, 0) is 80.0 Å². The highest BCUT2D eigenvalue weighted by Crippen LogP contribution is 2.49. The van der Waals surface area contributed by atoms with Crippen LogP contribution in [0.1, 0.15) is 82.9 Å². The Kier molecular flexibility index (Phi) is 5.16. The molecule has 4 rings (SSSR count). The molecule has 1 amide bonds. The first kappa shape index (κ1) is 19.7. The molecule has 1 heterocycles. The first-order valence-corrected chi connectivity index (χ1v) is 11.1. The lowest BCUT2D eigenvalue weighted by molar-refractivity contribution is -0.119. The van der Waals surface area contributed by atoms with Crippen molar-refractivity contribution in [3.05, 3.63) is 47.5 Å². The summed E-state index contributed by atoms with van der Waals surface area (Å²) in [6.07, 6.45) is 8.37. The third-order valence-electron chi connectivity index (χ3n) is 7.51. The van der Waals surface area contributed by atoms with Crippen molar-refractivity contribution in [2.75, 3.05) is 13.1 Å². The van der Waals surface area contributed by atoms with Crippen LogP contribution in [0.3, 0.4) is 0 Å². The molecule has 28 heavy (non-hydrogen) atoms. The van der Waals surface area contributed by atoms with E-state index in [0.29, 0.717) is 16.9 Å². The van der Waals surface area contributed by atoms with Crippen molar-refractivity contribution in [3.63, 3.8) is 0 Å². The molecule has 1 aromatic carbocycles. The third-order valence-corrected chi connectivity index (χ3v) is 7.51. The number of benzene rings is 1. The molecule has 1 N–H and O–H groups in total. The minimum Gasteiger partial charge on any atom is -0.350 e. The highest BCUT2D eigenvalue weighted by molar-refractivity contribution is 5.73. The van der Waals surface area contributed by atoms with Crippen LogP contribution in [0, 0.1) is 5.41 Å². The topological polar surface area (TPSA) is 32.3 Å². The van der Waals surface area contributed by atoms with Crippen molar-refractivity contribution in [2.45, 2.75) is 83.2 Å². The molecule has 1 aromatic rings. The molecule has 3 heteroatoms. The van der Waals surface area contributed by atoms with E-state index in [-0.39, 0.29) is 11.9 Å². The van der Waals surface area contributed by atoms with Crippen LogP contribution in [0.5, 0.6) is 0 Å². The Bertz CT molecular complexity index is 758. The molecule has 0 bridgehead atoms. The van der Waals surface area contributed by atoms with Gasteiger partial charge in [0.25, 0.3) is 0 Å². The fourth-order valence-corrected chi connectivity index (χ4v) is 6.35. The molecular weight excluding hydrogens is 344 g/mol. The van der Waals surface area contributed by atoms with E-state index in [1.807, 2.05) is 0 Å². The summed E-state index contributed by atoms with van der Waals surface area (Å²) in [5.74, 6) is 0.0747. The SMILES string of the molecule is C=C1CC(N2CCC3(CC[C@H](NC(C)=O)c4ccccc43)CC2)CC(C)(C)C1. The highest BCUT2D eigenvalue weighted by Gasteiger charge is 2.44. The molecule has 2 fully saturated rings. The largest absolute Gasteiger partial charge is 0.350 e. The maximum absolute atomic E-state index is 11.7. The zero-order chi connectivity index (χ0) is 19.9. The molecule has 1 saturated heterocycles. The standard InChI is InChI=1S/C25H36N2O/c1-18-15-20(17-24(3,4)16-18)27-13-11-25(12-14-27)10-9-23(26-19(2)28)21-7-5-6-8-22(21)25/h5-8,20,23H,1,9-17H2,2-4H3,(H,26,28)/t20?,23-/m0/s1. The van der Waals surface area contributed by atoms with Gasteiger partial charge in [0.05, 0.1) is 6.04 Å². The van der Waals surface area contributed by atoms with Gasteiger partial charge in [0.2, 0.25) is 5.91 Å². The fraction of sp³-hybridized carbons (Fsp3) is 0.640. The zero-order valence-corrected chi connectivity index (χ0v) is 17.9. The van der Waals surface area contributed by atoms with Crippen molar-refractivity contribution in [1.29, 1.82) is 0 Å². The van der Waals surface area contributed by atoms with Gasteiger partial charge in [-0.25, -0.2) is 0 Å². The lowest BCUT2D eigenvalue weighted by Crippen LogP contribution is -2.50. The molecule has 1 unspecified atom stereocenters. The Balaban J connectivity index is 1.50. The first-order chi connectivity index (χ1) is 13.3. The van der Waals surface area contributed by atoms with E-state index in [0.717, 1.165) is 6.42 Å². The van der Waals surface area contributed by atoms with E-state index >= 15 is 0 Å². The van der Waals surface area contributed by atoms with E-state index in [2.05, 4.69) is 54.9 Å². The van der Waals surface area contributed by atoms with E-state index in [9.17, 15) is 4.79 Å². The lowest BCUT2D eigenvalue weighted by Gasteiger charge is -2.50. The molecule has 3 aliphatic rings. The second-order valence-electron chi connectivity index (χ2n) is 10.3. The molecule has 1 saturated carbocycles. The molecule has 2 atom stereocenters. The number of nitrogens with one attached hydrogen (secondary N) is 1. The minimum atomic E-state index is 0.0747. The van der Waals surface area contributed by atoms with Crippen LogP contribution < -0.4 is 5.32 Å². The van der Waals surface area contributed by atoms with Gasteiger partial charge in [0, 0.05) is 13.0 Å². The van der Waals surface area contributed by atoms with Gasteiger partial charge in [0.1, 0.15) is 0 Å². The van der Waals surface area contributed by atoms with Crippen LogP contribution in [0.25, 0.3) is 0 Å². The Hall–Kier alpha value is -1.61. The van der Waals surface area contributed by atoms with Gasteiger partial charge in [0.15, 0.2) is 0 Å². The van der Waals surface area contributed by atoms with Crippen molar-refractivity contribution in [1.82, 2.24) is 10.2 Å². The second kappa shape index (κ2) is 7.33. The van der Waals surface area contributed by atoms with Crippen LogP contribution >= 0.6 is 0 Å². The molecule has 152 valence electrons. The summed E-state index contributed by atoms with van der Waals surface area (Å²) in [5, 5.41) is 3.18. The highest BCUT2D eigenvalue weighted by atomic mass is 16.1. The number of nitrogens with zero attached hydrogens (tertiary/aromatic N) is 1. The number of rotatable bonds is 2. The molecule has 3 nitrogen and oxygen atoms in total. The number of hydrogen-bond donors (Lipinski definition) is 1. The second-order valence-corrected chi connectivity index (χ2v) is 10.3. The summed E-state index contributed by atoms with van der Waals surface area (Å²) in [6, 6.07) is 9.70. The normalized spacial score (nSPS) is 29.3. The fourth-order valence-electron chi connectivity index (χ4n) is 6.35. The van der Waals surface area contributed by atoms with Gasteiger partial charge < -0.3 is 5.32 Å². The van der Waals surface area contributed by atoms with Crippen molar-refractivity contribution in [3.8, 4) is 0 Å². The number of carbonyl (C=O) groups is 1. The summed E-state index contributed by atoms with van der Waals surface area (Å²) in [5.41, 5.74) is 4.96. The van der Waals surface area contributed by atoms with Gasteiger partial charge in [-0.1, -0.05) is 50.3 Å². The van der Waals surface area contributed by atoms with Crippen LogP contribution in [0.4, 0.5) is 0 Å². The Labute approximate surface area is 170 Å². The van der Waals surface area contributed by atoms with Gasteiger partial charge in [-0.2, -0.15) is 0 Å². The molecule has 0 aromatic heterocycles. The molecule has 1 spiro atoms. The molecule has 1 aliphatic heterocycles. The van der Waals surface area contributed by atoms with Gasteiger partial charge in [-0.15, -0.1) is 0 Å². The number of fused-ring (bicyclic) bond motifs is 2. The smallest absolute Gasteiger partial charge is 0.217 e. The van der Waals surface area contributed by atoms with E-state index in [1.165, 1.54) is 68.3 Å². The zero-order valence-electron chi connectivity index (χ0n) is 17.9. The van der Waals surface area contributed by atoms with Crippen LogP contribution in [-0.4, -0.2) is 29.9 Å². The average molecular weight is 381 g/mol. The number of amides is 1. The van der Waals surface area contributed by atoms with Gasteiger partial charge >= 0.3 is 0 Å². The quantitative estimate of drug-likeness (QED) is 0.722. The first-order valence-electron chi connectivity index (χ1n) is 11.1. The Morgan fingerprint density at radius 1 is 1.18 bits per heavy atom. The predicted octanol–water partition coefficient (Wildman–Crippen LogP) is 5.13. The van der Waals surface area contributed by atoms with Crippen LogP contribution in [0.15, 0.2) is 36.4 Å². The number of hydrogen-bond acceptors (Lipinski definition) is 2. The maximum Gasteiger partial charge on any atom is 0.217 e. The summed E-state index contributed by atoms with van der Waals surface area (Å²) < 4.78 is 0. The number of likely N-dealkylation sites (tertiary alicyclic amines) is 1. The maximum atomic E-state index is 11.7. The summed E-state index contributed by atoms with van der Waals surface area (Å²) in [4.78, 5) is 14.4. The van der Waals surface area contributed by atoms with Crippen LogP contribution in [-0.2, 0) is 10.2 Å². The Morgan fingerprint density at radius 2 is 1.89 bits per heavy atom. The van der Waals surface area contributed by atoms with E-state index in [4.69, 9.17) is 0 Å². The summed E-state index contributed by atoms with van der Waals surface area (Å²) in [7, 11) is 0. The number of piperidine rings is 1. The summed E-state index contributed by atoms with van der Waals surface area (Å²) >= 11 is 0. The number of carbonyl (C=O) groups excluding carboxylic acids is 1. The van der Waals surface area contributed by atoms with Crippen molar-refractivity contribution in [2.24, 2.45) is 5.41 Å². The molecular formula is C25H36N2O. The van der Waals surface area contributed by atoms with Crippen LogP contribution in [0.2, 0.25) is 0 Å². The van der Waals surface area contributed by atoms with E-state index in [1.54, 1.807) is 6.92 Å². The third kappa shape index (κ3) is 3.78. The van der Waals surface area contributed by atoms with Gasteiger partial charge in [-0.3, -0.25) is 9.69 Å². The van der Waals surface area contributed by atoms with Crippen molar-refractivity contribution >= 4 is 5.91 Å². The minimum absolute atomic E-state index is 0.0747. The van der Waals surface area contributed by atoms with E-state index < -0.39 is 0 Å². The molecule has 2 aliphatic carbocycles. The lowest BCUT2D eigenvalue weighted by atomic mass is 9.63. The average Bonchev–Trinajstić information content (AvgIpc) is 2.63. The molecule has 0 radical (unpaired) electrons. The Morgan fingerprint density at radius 3 is 2.57 bits per heavy atom.